The molecule has 0 heterocycles. The summed E-state index contributed by atoms with van der Waals surface area (Å²) in [6.45, 7) is 13.7. The van der Waals surface area contributed by atoms with E-state index in [1.807, 2.05) is 0 Å². The average Bonchev–Trinajstić information content (AvgIpc) is 3.22. The zero-order valence-electron chi connectivity index (χ0n) is 42.0. The van der Waals surface area contributed by atoms with E-state index in [0.29, 0.717) is 19.3 Å². The third-order valence-corrected chi connectivity index (χ3v) is 12.4. The van der Waals surface area contributed by atoms with Crippen LogP contribution in [-0.2, 0) is 28.6 Å². The van der Waals surface area contributed by atoms with Crippen LogP contribution < -0.4 is 0 Å². The van der Waals surface area contributed by atoms with Gasteiger partial charge in [0.1, 0.15) is 13.2 Å². The van der Waals surface area contributed by atoms with Gasteiger partial charge in [0.25, 0.3) is 0 Å². The minimum atomic E-state index is -0.763. The monoisotopic (exact) mass is 863 g/mol. The molecule has 0 aliphatic rings. The molecular weight excluding hydrogens is 757 g/mol. The Bertz CT molecular complexity index is 945. The molecule has 6 heteroatoms. The molecule has 61 heavy (non-hydrogen) atoms. The van der Waals surface area contributed by atoms with Gasteiger partial charge in [-0.3, -0.25) is 14.4 Å². The Morgan fingerprint density at radius 3 is 0.705 bits per heavy atom. The van der Waals surface area contributed by atoms with Crippen LogP contribution >= 0.6 is 0 Å². The van der Waals surface area contributed by atoms with Gasteiger partial charge in [-0.15, -0.1) is 0 Å². The molecule has 0 aromatic heterocycles. The Balaban J connectivity index is 4.25. The number of unbranched alkanes of at least 4 members (excludes halogenated alkanes) is 31. The van der Waals surface area contributed by atoms with E-state index in [1.165, 1.54) is 180 Å². The van der Waals surface area contributed by atoms with Gasteiger partial charge in [0.15, 0.2) is 6.10 Å². The van der Waals surface area contributed by atoms with Crippen molar-refractivity contribution in [2.45, 2.75) is 304 Å². The largest absolute Gasteiger partial charge is 0.462 e. The quantitative estimate of drug-likeness (QED) is 0.0344. The second-order valence-electron chi connectivity index (χ2n) is 20.3. The standard InChI is InChI=1S/C55H106O6/c1-49(2)41-35-29-23-17-13-11-9-7-8-10-12-14-19-26-32-38-44-53(56)59-47-52(48-60-54(57)45-39-33-27-22-21-25-31-37-43-51(5)6)61-55(58)46-40-34-28-20-16-15-18-24-30-36-42-50(3)4/h49-52H,7-48H2,1-6H3/t52-/m1/s1. The van der Waals surface area contributed by atoms with Gasteiger partial charge in [0.2, 0.25) is 0 Å². The van der Waals surface area contributed by atoms with Gasteiger partial charge in [-0.1, -0.05) is 260 Å². The van der Waals surface area contributed by atoms with Crippen LogP contribution in [0.5, 0.6) is 0 Å². The first-order valence-electron chi connectivity index (χ1n) is 27.1. The summed E-state index contributed by atoms with van der Waals surface area (Å²) in [6.07, 6.45) is 46.7. The summed E-state index contributed by atoms with van der Waals surface area (Å²) in [7, 11) is 0. The molecule has 0 rings (SSSR count). The fourth-order valence-corrected chi connectivity index (χ4v) is 8.29. The molecule has 0 spiro atoms. The maximum Gasteiger partial charge on any atom is 0.306 e. The maximum absolute atomic E-state index is 12.8. The SMILES string of the molecule is CC(C)CCCCCCCCCCCCCCCCCCC(=O)OC[C@H](COC(=O)CCCCCCCCCCC(C)C)OC(=O)CCCCCCCCCCCCC(C)C. The zero-order valence-corrected chi connectivity index (χ0v) is 42.0. The third-order valence-electron chi connectivity index (χ3n) is 12.4. The van der Waals surface area contributed by atoms with E-state index in [1.54, 1.807) is 0 Å². The van der Waals surface area contributed by atoms with Crippen molar-refractivity contribution < 1.29 is 28.6 Å². The van der Waals surface area contributed by atoms with E-state index in [0.717, 1.165) is 75.5 Å². The number of hydrogen-bond donors (Lipinski definition) is 0. The fourth-order valence-electron chi connectivity index (χ4n) is 8.29. The maximum atomic E-state index is 12.8. The first-order chi connectivity index (χ1) is 29.6. The summed E-state index contributed by atoms with van der Waals surface area (Å²) in [5, 5.41) is 0. The molecule has 0 saturated carbocycles. The topological polar surface area (TPSA) is 78.9 Å². The summed E-state index contributed by atoms with van der Waals surface area (Å²) in [4.78, 5) is 38.0. The van der Waals surface area contributed by atoms with E-state index in [-0.39, 0.29) is 31.1 Å². The summed E-state index contributed by atoms with van der Waals surface area (Å²) in [6, 6.07) is 0. The average molecular weight is 863 g/mol. The molecule has 362 valence electrons. The molecule has 0 aromatic carbocycles. The van der Waals surface area contributed by atoms with Crippen molar-refractivity contribution >= 4 is 17.9 Å². The molecule has 0 radical (unpaired) electrons. The molecule has 0 aliphatic heterocycles. The van der Waals surface area contributed by atoms with Crippen molar-refractivity contribution in [2.24, 2.45) is 17.8 Å². The minimum absolute atomic E-state index is 0.0646. The highest BCUT2D eigenvalue weighted by Gasteiger charge is 2.19. The van der Waals surface area contributed by atoms with E-state index >= 15 is 0 Å². The molecule has 0 aromatic rings. The summed E-state index contributed by atoms with van der Waals surface area (Å²) >= 11 is 0. The molecule has 1 atom stereocenters. The van der Waals surface area contributed by atoms with Crippen LogP contribution in [0.1, 0.15) is 298 Å². The summed E-state index contributed by atoms with van der Waals surface area (Å²) in [5.74, 6) is 1.61. The minimum Gasteiger partial charge on any atom is -0.462 e. The van der Waals surface area contributed by atoms with E-state index in [2.05, 4.69) is 41.5 Å². The molecule has 6 nitrogen and oxygen atoms in total. The third kappa shape index (κ3) is 49.3. The van der Waals surface area contributed by atoms with Gasteiger partial charge < -0.3 is 14.2 Å². The van der Waals surface area contributed by atoms with Gasteiger partial charge in [0, 0.05) is 19.3 Å². The molecule has 0 bridgehead atoms. The molecule has 0 fully saturated rings. The lowest BCUT2D eigenvalue weighted by atomic mass is 10.0. The van der Waals surface area contributed by atoms with Gasteiger partial charge in [0.05, 0.1) is 0 Å². The second-order valence-corrected chi connectivity index (χ2v) is 20.3. The summed E-state index contributed by atoms with van der Waals surface area (Å²) in [5.41, 5.74) is 0. The number of rotatable bonds is 48. The number of hydrogen-bond acceptors (Lipinski definition) is 6. The van der Waals surface area contributed by atoms with Crippen LogP contribution in [0.3, 0.4) is 0 Å². The second kappa shape index (κ2) is 46.4. The fraction of sp³-hybridized carbons (Fsp3) is 0.945. The number of ether oxygens (including phenoxy) is 3. The van der Waals surface area contributed by atoms with Crippen LogP contribution in [0.4, 0.5) is 0 Å². The van der Waals surface area contributed by atoms with Crippen LogP contribution in [0.15, 0.2) is 0 Å². The van der Waals surface area contributed by atoms with Crippen molar-refractivity contribution in [1.29, 1.82) is 0 Å². The van der Waals surface area contributed by atoms with Crippen molar-refractivity contribution in [2.75, 3.05) is 13.2 Å². The Hall–Kier alpha value is -1.59. The van der Waals surface area contributed by atoms with Crippen LogP contribution in [-0.4, -0.2) is 37.2 Å². The molecule has 0 saturated heterocycles. The lowest BCUT2D eigenvalue weighted by Crippen LogP contribution is -2.30. The van der Waals surface area contributed by atoms with E-state index in [4.69, 9.17) is 14.2 Å². The highest BCUT2D eigenvalue weighted by molar-refractivity contribution is 5.71. The predicted octanol–water partition coefficient (Wildman–Crippen LogP) is 17.6. The zero-order chi connectivity index (χ0) is 44.9. The smallest absolute Gasteiger partial charge is 0.306 e. The highest BCUT2D eigenvalue weighted by Crippen LogP contribution is 2.18. The first-order valence-corrected chi connectivity index (χ1v) is 27.1. The molecule has 0 amide bonds. The van der Waals surface area contributed by atoms with Crippen molar-refractivity contribution in [3.8, 4) is 0 Å². The van der Waals surface area contributed by atoms with Gasteiger partial charge in [-0.25, -0.2) is 0 Å². The van der Waals surface area contributed by atoms with Crippen molar-refractivity contribution in [3.05, 3.63) is 0 Å². The first kappa shape index (κ1) is 59.4. The molecular formula is C55H106O6. The summed E-state index contributed by atoms with van der Waals surface area (Å²) < 4.78 is 16.8. The van der Waals surface area contributed by atoms with Gasteiger partial charge in [-0.2, -0.15) is 0 Å². The molecule has 0 N–H and O–H groups in total. The Morgan fingerprint density at radius 2 is 0.475 bits per heavy atom. The molecule has 0 unspecified atom stereocenters. The van der Waals surface area contributed by atoms with Crippen LogP contribution in [0, 0.1) is 17.8 Å². The molecule has 0 aliphatic carbocycles. The predicted molar refractivity (Wildman–Crippen MR) is 261 cm³/mol. The number of carbonyl (C=O) groups excluding carboxylic acids is 3. The lowest BCUT2D eigenvalue weighted by Gasteiger charge is -2.18. The lowest BCUT2D eigenvalue weighted by molar-refractivity contribution is -0.167. The Kier molecular flexibility index (Phi) is 45.2. The highest BCUT2D eigenvalue weighted by atomic mass is 16.6. The van der Waals surface area contributed by atoms with Crippen LogP contribution in [0.25, 0.3) is 0 Å². The Morgan fingerprint density at radius 1 is 0.279 bits per heavy atom. The number of esters is 3. The van der Waals surface area contributed by atoms with Gasteiger partial charge in [-0.05, 0) is 37.0 Å². The van der Waals surface area contributed by atoms with Crippen LogP contribution in [0.2, 0.25) is 0 Å². The van der Waals surface area contributed by atoms with E-state index < -0.39 is 6.10 Å². The van der Waals surface area contributed by atoms with E-state index in [9.17, 15) is 14.4 Å². The van der Waals surface area contributed by atoms with Crippen molar-refractivity contribution in [3.63, 3.8) is 0 Å². The normalized spacial score (nSPS) is 12.1. The number of carbonyl (C=O) groups is 3. The Labute approximate surface area is 380 Å². The van der Waals surface area contributed by atoms with Gasteiger partial charge >= 0.3 is 17.9 Å². The van der Waals surface area contributed by atoms with Crippen molar-refractivity contribution in [1.82, 2.24) is 0 Å².